The van der Waals surface area contributed by atoms with Gasteiger partial charge in [-0.15, -0.1) is 11.3 Å². The van der Waals surface area contributed by atoms with Gasteiger partial charge in [0.15, 0.2) is 0 Å². The second-order valence-corrected chi connectivity index (χ2v) is 4.60. The maximum absolute atomic E-state index is 5.61. The van der Waals surface area contributed by atoms with Crippen LogP contribution in [0, 0.1) is 6.92 Å². The maximum atomic E-state index is 5.61. The monoisotopic (exact) mass is 170 g/mol. The van der Waals surface area contributed by atoms with Crippen LogP contribution >= 0.6 is 11.3 Å². The lowest BCUT2D eigenvalue weighted by atomic mass is 9.95. The fourth-order valence-electron chi connectivity index (χ4n) is 0.755. The third-order valence-corrected chi connectivity index (χ3v) is 2.99. The Bertz CT molecular complexity index is 240. The summed E-state index contributed by atoms with van der Waals surface area (Å²) in [6.07, 6.45) is 1.90. The molecule has 1 aromatic rings. The molecule has 0 aliphatic carbocycles. The summed E-state index contributed by atoms with van der Waals surface area (Å²) in [7, 11) is 0. The average molecular weight is 170 g/mol. The van der Waals surface area contributed by atoms with Gasteiger partial charge in [0.05, 0.1) is 5.01 Å². The topological polar surface area (TPSA) is 38.9 Å². The molecule has 0 fully saturated rings. The molecule has 3 heteroatoms. The van der Waals surface area contributed by atoms with E-state index < -0.39 is 0 Å². The summed E-state index contributed by atoms with van der Waals surface area (Å²) in [6.45, 7) is 6.95. The van der Waals surface area contributed by atoms with Gasteiger partial charge in [0.2, 0.25) is 0 Å². The zero-order valence-corrected chi connectivity index (χ0v) is 8.03. The van der Waals surface area contributed by atoms with Crippen LogP contribution in [-0.4, -0.2) is 11.5 Å². The fraction of sp³-hybridized carbons (Fsp3) is 0.625. The number of aryl methyl sites for hydroxylation is 1. The highest BCUT2D eigenvalue weighted by Gasteiger charge is 2.21. The molecule has 0 spiro atoms. The minimum Gasteiger partial charge on any atom is -0.330 e. The van der Waals surface area contributed by atoms with Crippen molar-refractivity contribution < 1.29 is 0 Å². The summed E-state index contributed by atoms with van der Waals surface area (Å²) in [4.78, 5) is 5.55. The molecule has 0 unspecified atom stereocenters. The standard InChI is InChI=1S/C8H14N2S/c1-6-4-10-7(11-6)8(2,3)5-9/h4H,5,9H2,1-3H3. The summed E-state index contributed by atoms with van der Waals surface area (Å²) >= 11 is 1.73. The largest absolute Gasteiger partial charge is 0.330 e. The molecule has 1 aromatic heterocycles. The Kier molecular flexibility index (Phi) is 2.30. The highest BCUT2D eigenvalue weighted by Crippen LogP contribution is 2.25. The molecule has 0 radical (unpaired) electrons. The van der Waals surface area contributed by atoms with E-state index in [1.54, 1.807) is 11.3 Å². The molecule has 0 amide bonds. The third-order valence-electron chi connectivity index (χ3n) is 1.71. The molecule has 2 nitrogen and oxygen atoms in total. The number of thiazole rings is 1. The van der Waals surface area contributed by atoms with E-state index in [1.807, 2.05) is 6.20 Å². The Labute approximate surface area is 71.5 Å². The van der Waals surface area contributed by atoms with Crippen molar-refractivity contribution >= 4 is 11.3 Å². The summed E-state index contributed by atoms with van der Waals surface area (Å²) in [5.74, 6) is 0. The molecule has 0 saturated heterocycles. The Hall–Kier alpha value is -0.410. The average Bonchev–Trinajstić information content (AvgIpc) is 2.36. The predicted octanol–water partition coefficient (Wildman–Crippen LogP) is 1.69. The highest BCUT2D eigenvalue weighted by molar-refractivity contribution is 7.11. The molecule has 0 bridgehead atoms. The first-order chi connectivity index (χ1) is 5.06. The van der Waals surface area contributed by atoms with Crippen molar-refractivity contribution in [3.8, 4) is 0 Å². The van der Waals surface area contributed by atoms with Gasteiger partial charge in [-0.25, -0.2) is 4.98 Å². The maximum Gasteiger partial charge on any atom is 0.0996 e. The van der Waals surface area contributed by atoms with E-state index in [0.717, 1.165) is 5.01 Å². The molecule has 1 heterocycles. The van der Waals surface area contributed by atoms with E-state index in [9.17, 15) is 0 Å². The van der Waals surface area contributed by atoms with E-state index in [-0.39, 0.29) is 5.41 Å². The first-order valence-corrected chi connectivity index (χ1v) is 4.51. The number of hydrogen-bond donors (Lipinski definition) is 1. The summed E-state index contributed by atoms with van der Waals surface area (Å²) in [5.41, 5.74) is 5.65. The van der Waals surface area contributed by atoms with Crippen LogP contribution in [0.15, 0.2) is 6.20 Å². The van der Waals surface area contributed by atoms with Gasteiger partial charge in [0, 0.05) is 23.0 Å². The van der Waals surface area contributed by atoms with Gasteiger partial charge in [-0.3, -0.25) is 0 Å². The van der Waals surface area contributed by atoms with Crippen LogP contribution < -0.4 is 5.73 Å². The van der Waals surface area contributed by atoms with E-state index in [1.165, 1.54) is 4.88 Å². The van der Waals surface area contributed by atoms with Crippen molar-refractivity contribution in [1.82, 2.24) is 4.98 Å². The summed E-state index contributed by atoms with van der Waals surface area (Å²) in [6, 6.07) is 0. The van der Waals surface area contributed by atoms with Crippen molar-refractivity contribution in [2.75, 3.05) is 6.54 Å². The van der Waals surface area contributed by atoms with E-state index in [4.69, 9.17) is 5.73 Å². The molecule has 11 heavy (non-hydrogen) atoms. The molecule has 1 rings (SSSR count). The van der Waals surface area contributed by atoms with Crippen LogP contribution in [0.4, 0.5) is 0 Å². The fourth-order valence-corrected chi connectivity index (χ4v) is 1.63. The Balaban J connectivity index is 2.92. The van der Waals surface area contributed by atoms with Gasteiger partial charge in [0.25, 0.3) is 0 Å². The molecular formula is C8H14N2S. The van der Waals surface area contributed by atoms with Gasteiger partial charge < -0.3 is 5.73 Å². The number of rotatable bonds is 2. The van der Waals surface area contributed by atoms with Crippen molar-refractivity contribution in [2.45, 2.75) is 26.2 Å². The zero-order chi connectivity index (χ0) is 8.48. The summed E-state index contributed by atoms with van der Waals surface area (Å²) < 4.78 is 0. The zero-order valence-electron chi connectivity index (χ0n) is 7.22. The minimum absolute atomic E-state index is 0.0406. The normalized spacial score (nSPS) is 12.0. The lowest BCUT2D eigenvalue weighted by Gasteiger charge is -2.18. The van der Waals surface area contributed by atoms with Crippen LogP contribution in [-0.2, 0) is 5.41 Å². The van der Waals surface area contributed by atoms with Crippen molar-refractivity contribution in [1.29, 1.82) is 0 Å². The third kappa shape index (κ3) is 1.79. The van der Waals surface area contributed by atoms with E-state index in [2.05, 4.69) is 25.8 Å². The first-order valence-electron chi connectivity index (χ1n) is 3.69. The van der Waals surface area contributed by atoms with E-state index >= 15 is 0 Å². The van der Waals surface area contributed by atoms with Gasteiger partial charge in [-0.1, -0.05) is 13.8 Å². The van der Waals surface area contributed by atoms with Crippen molar-refractivity contribution in [2.24, 2.45) is 5.73 Å². The van der Waals surface area contributed by atoms with Gasteiger partial charge in [0.1, 0.15) is 0 Å². The van der Waals surface area contributed by atoms with Crippen molar-refractivity contribution in [3.63, 3.8) is 0 Å². The van der Waals surface area contributed by atoms with Gasteiger partial charge >= 0.3 is 0 Å². The number of hydrogen-bond acceptors (Lipinski definition) is 3. The first kappa shape index (κ1) is 8.68. The predicted molar refractivity (Wildman–Crippen MR) is 48.9 cm³/mol. The molecule has 0 aliphatic rings. The van der Waals surface area contributed by atoms with Crippen LogP contribution in [0.1, 0.15) is 23.7 Å². The highest BCUT2D eigenvalue weighted by atomic mass is 32.1. The molecule has 2 N–H and O–H groups in total. The van der Waals surface area contributed by atoms with Crippen LogP contribution in [0.5, 0.6) is 0 Å². The smallest absolute Gasteiger partial charge is 0.0996 e. The molecule has 0 aromatic carbocycles. The van der Waals surface area contributed by atoms with Crippen LogP contribution in [0.3, 0.4) is 0 Å². The Morgan fingerprint density at radius 3 is 2.64 bits per heavy atom. The number of nitrogens with two attached hydrogens (primary N) is 1. The molecule has 0 atom stereocenters. The van der Waals surface area contributed by atoms with Crippen molar-refractivity contribution in [3.05, 3.63) is 16.1 Å². The second-order valence-electron chi connectivity index (χ2n) is 3.36. The molecule has 0 aliphatic heterocycles. The SMILES string of the molecule is Cc1cnc(C(C)(C)CN)s1. The summed E-state index contributed by atoms with van der Waals surface area (Å²) in [5, 5.41) is 1.14. The molecular weight excluding hydrogens is 156 g/mol. The Morgan fingerprint density at radius 2 is 2.27 bits per heavy atom. The molecule has 0 saturated carbocycles. The quantitative estimate of drug-likeness (QED) is 0.733. The number of nitrogens with zero attached hydrogens (tertiary/aromatic N) is 1. The van der Waals surface area contributed by atoms with Gasteiger partial charge in [-0.2, -0.15) is 0 Å². The van der Waals surface area contributed by atoms with Gasteiger partial charge in [-0.05, 0) is 6.92 Å². The Morgan fingerprint density at radius 1 is 1.64 bits per heavy atom. The number of aromatic nitrogens is 1. The molecule has 62 valence electrons. The minimum atomic E-state index is 0.0406. The lowest BCUT2D eigenvalue weighted by Crippen LogP contribution is -2.27. The second kappa shape index (κ2) is 2.91. The van der Waals surface area contributed by atoms with Crippen LogP contribution in [0.25, 0.3) is 0 Å². The van der Waals surface area contributed by atoms with Crippen LogP contribution in [0.2, 0.25) is 0 Å². The lowest BCUT2D eigenvalue weighted by molar-refractivity contribution is 0.535. The van der Waals surface area contributed by atoms with E-state index in [0.29, 0.717) is 6.54 Å².